The van der Waals surface area contributed by atoms with E-state index in [0.29, 0.717) is 16.8 Å². The average molecular weight is 290 g/mol. The maximum Gasteiger partial charge on any atom is 0.279 e. The summed E-state index contributed by atoms with van der Waals surface area (Å²) in [7, 11) is 2.92. The number of anilines is 1. The Morgan fingerprint density at radius 3 is 2.65 bits per heavy atom. The Morgan fingerprint density at radius 2 is 2.00 bits per heavy atom. The Hall–Kier alpha value is -2.18. The summed E-state index contributed by atoms with van der Waals surface area (Å²) < 4.78 is 0. The van der Waals surface area contributed by atoms with Crippen molar-refractivity contribution >= 4 is 28.8 Å². The molecule has 0 aliphatic rings. The van der Waals surface area contributed by atoms with Crippen molar-refractivity contribution in [2.75, 3.05) is 19.5 Å². The zero-order chi connectivity index (χ0) is 14.5. The molecule has 0 fully saturated rings. The summed E-state index contributed by atoms with van der Waals surface area (Å²) in [5.74, 6) is -0.569. The van der Waals surface area contributed by atoms with Crippen LogP contribution in [0.3, 0.4) is 0 Å². The lowest BCUT2D eigenvalue weighted by Crippen LogP contribution is -2.26. The SMILES string of the molecule is CON(C)C(=O)c1ccccc1NC(=O)c1ccsc1. The summed E-state index contributed by atoms with van der Waals surface area (Å²) in [6.45, 7) is 0. The lowest BCUT2D eigenvalue weighted by Gasteiger charge is -2.16. The molecule has 104 valence electrons. The van der Waals surface area contributed by atoms with Crippen LogP contribution in [0.2, 0.25) is 0 Å². The molecule has 0 bridgehead atoms. The molecule has 0 spiro atoms. The molecule has 0 unspecified atom stereocenters. The summed E-state index contributed by atoms with van der Waals surface area (Å²) in [4.78, 5) is 29.0. The molecule has 5 nitrogen and oxygen atoms in total. The lowest BCUT2D eigenvalue weighted by atomic mass is 10.1. The largest absolute Gasteiger partial charge is 0.321 e. The van der Waals surface area contributed by atoms with Crippen LogP contribution in [0, 0.1) is 0 Å². The highest BCUT2D eigenvalue weighted by atomic mass is 32.1. The van der Waals surface area contributed by atoms with Crippen LogP contribution < -0.4 is 5.32 Å². The van der Waals surface area contributed by atoms with Crippen LogP contribution in [0.15, 0.2) is 41.1 Å². The van der Waals surface area contributed by atoms with Crippen LogP contribution in [0.1, 0.15) is 20.7 Å². The quantitative estimate of drug-likeness (QED) is 0.881. The normalized spacial score (nSPS) is 10.1. The first-order valence-corrected chi connectivity index (χ1v) is 6.82. The Labute approximate surface area is 120 Å². The van der Waals surface area contributed by atoms with E-state index in [1.165, 1.54) is 25.5 Å². The van der Waals surface area contributed by atoms with E-state index in [-0.39, 0.29) is 11.8 Å². The zero-order valence-electron chi connectivity index (χ0n) is 11.1. The number of nitrogens with one attached hydrogen (secondary N) is 1. The molecule has 0 aliphatic carbocycles. The van der Waals surface area contributed by atoms with Gasteiger partial charge in [-0.2, -0.15) is 11.3 Å². The minimum atomic E-state index is -0.325. The third kappa shape index (κ3) is 3.04. The molecule has 0 aliphatic heterocycles. The van der Waals surface area contributed by atoms with Crippen molar-refractivity contribution in [1.29, 1.82) is 0 Å². The second-order valence-corrected chi connectivity index (χ2v) is 4.78. The molecule has 1 heterocycles. The summed E-state index contributed by atoms with van der Waals surface area (Å²) >= 11 is 1.44. The number of nitrogens with zero attached hydrogens (tertiary/aromatic N) is 1. The first-order chi connectivity index (χ1) is 9.63. The minimum absolute atomic E-state index is 0.244. The maximum atomic E-state index is 12.1. The van der Waals surface area contributed by atoms with Crippen molar-refractivity contribution < 1.29 is 14.4 Å². The molecule has 0 radical (unpaired) electrons. The zero-order valence-corrected chi connectivity index (χ0v) is 11.9. The van der Waals surface area contributed by atoms with E-state index in [4.69, 9.17) is 4.84 Å². The van der Waals surface area contributed by atoms with Crippen LogP contribution in [-0.2, 0) is 4.84 Å². The monoisotopic (exact) mass is 290 g/mol. The van der Waals surface area contributed by atoms with E-state index in [0.717, 1.165) is 5.06 Å². The summed E-state index contributed by atoms with van der Waals surface area (Å²) in [6.07, 6.45) is 0. The van der Waals surface area contributed by atoms with E-state index in [2.05, 4.69) is 5.32 Å². The molecular weight excluding hydrogens is 276 g/mol. The molecule has 2 rings (SSSR count). The van der Waals surface area contributed by atoms with Crippen molar-refractivity contribution in [2.45, 2.75) is 0 Å². The molecular formula is C14H14N2O3S. The van der Waals surface area contributed by atoms with E-state index >= 15 is 0 Å². The Bertz CT molecular complexity index is 611. The standard InChI is InChI=1S/C14H14N2O3S/c1-16(19-2)14(18)11-5-3-4-6-12(11)15-13(17)10-7-8-20-9-10/h3-9H,1-2H3,(H,15,17). The molecule has 2 aromatic rings. The molecule has 2 amide bonds. The average Bonchev–Trinajstić information content (AvgIpc) is 3.00. The highest BCUT2D eigenvalue weighted by molar-refractivity contribution is 7.08. The summed E-state index contributed by atoms with van der Waals surface area (Å²) in [6, 6.07) is 8.54. The molecule has 20 heavy (non-hydrogen) atoms. The van der Waals surface area contributed by atoms with Gasteiger partial charge >= 0.3 is 0 Å². The number of benzene rings is 1. The van der Waals surface area contributed by atoms with Gasteiger partial charge in [0.1, 0.15) is 0 Å². The van der Waals surface area contributed by atoms with Crippen molar-refractivity contribution in [3.8, 4) is 0 Å². The first kappa shape index (κ1) is 14.2. The topological polar surface area (TPSA) is 58.6 Å². The third-order valence-corrected chi connectivity index (χ3v) is 3.43. The van der Waals surface area contributed by atoms with E-state index < -0.39 is 0 Å². The number of rotatable bonds is 4. The number of thiophene rings is 1. The van der Waals surface area contributed by atoms with Crippen molar-refractivity contribution in [3.05, 3.63) is 52.2 Å². The number of hydroxylamine groups is 2. The van der Waals surface area contributed by atoms with Crippen LogP contribution in [0.4, 0.5) is 5.69 Å². The van der Waals surface area contributed by atoms with Crippen molar-refractivity contribution in [2.24, 2.45) is 0 Å². The van der Waals surface area contributed by atoms with Gasteiger partial charge in [-0.3, -0.25) is 14.4 Å². The highest BCUT2D eigenvalue weighted by Gasteiger charge is 2.17. The van der Waals surface area contributed by atoms with Crippen LogP contribution in [-0.4, -0.2) is 31.0 Å². The van der Waals surface area contributed by atoms with Crippen LogP contribution in [0.25, 0.3) is 0 Å². The van der Waals surface area contributed by atoms with E-state index in [9.17, 15) is 9.59 Å². The number of hydrogen-bond donors (Lipinski definition) is 1. The molecule has 0 atom stereocenters. The Kier molecular flexibility index (Phi) is 4.49. The van der Waals surface area contributed by atoms with Gasteiger partial charge in [0.25, 0.3) is 11.8 Å². The van der Waals surface area contributed by atoms with Gasteiger partial charge in [0, 0.05) is 12.4 Å². The fraction of sp³-hybridized carbons (Fsp3) is 0.143. The lowest BCUT2D eigenvalue weighted by molar-refractivity contribution is -0.0756. The fourth-order valence-electron chi connectivity index (χ4n) is 1.62. The van der Waals surface area contributed by atoms with E-state index in [1.54, 1.807) is 35.7 Å². The van der Waals surface area contributed by atoms with Gasteiger partial charge in [0.15, 0.2) is 0 Å². The first-order valence-electron chi connectivity index (χ1n) is 5.88. The maximum absolute atomic E-state index is 12.1. The predicted molar refractivity (Wildman–Crippen MR) is 77.8 cm³/mol. The number of hydrogen-bond acceptors (Lipinski definition) is 4. The number of para-hydroxylation sites is 1. The predicted octanol–water partition coefficient (Wildman–Crippen LogP) is 2.63. The van der Waals surface area contributed by atoms with Crippen molar-refractivity contribution in [3.63, 3.8) is 0 Å². The highest BCUT2D eigenvalue weighted by Crippen LogP contribution is 2.18. The van der Waals surface area contributed by atoms with Gasteiger partial charge in [0.05, 0.1) is 23.9 Å². The van der Waals surface area contributed by atoms with E-state index in [1.807, 2.05) is 5.38 Å². The summed E-state index contributed by atoms with van der Waals surface area (Å²) in [5.41, 5.74) is 1.40. The number of carbonyl (C=O) groups excluding carboxylic acids is 2. The number of carbonyl (C=O) groups is 2. The second-order valence-electron chi connectivity index (χ2n) is 4.00. The summed E-state index contributed by atoms with van der Waals surface area (Å²) in [5, 5.41) is 7.42. The Morgan fingerprint density at radius 1 is 1.25 bits per heavy atom. The second kappa shape index (κ2) is 6.31. The van der Waals surface area contributed by atoms with Gasteiger partial charge < -0.3 is 5.32 Å². The van der Waals surface area contributed by atoms with Gasteiger partial charge in [0.2, 0.25) is 0 Å². The minimum Gasteiger partial charge on any atom is -0.321 e. The van der Waals surface area contributed by atoms with Gasteiger partial charge in [-0.1, -0.05) is 12.1 Å². The van der Waals surface area contributed by atoms with Gasteiger partial charge in [-0.25, -0.2) is 5.06 Å². The fourth-order valence-corrected chi connectivity index (χ4v) is 2.26. The molecule has 0 saturated heterocycles. The Balaban J connectivity index is 2.24. The molecule has 6 heteroatoms. The molecule has 1 aromatic heterocycles. The molecule has 0 saturated carbocycles. The van der Waals surface area contributed by atoms with Gasteiger partial charge in [-0.15, -0.1) is 0 Å². The molecule has 1 N–H and O–H groups in total. The van der Waals surface area contributed by atoms with Crippen LogP contribution in [0.5, 0.6) is 0 Å². The van der Waals surface area contributed by atoms with Crippen LogP contribution >= 0.6 is 11.3 Å². The number of amides is 2. The van der Waals surface area contributed by atoms with Gasteiger partial charge in [-0.05, 0) is 23.6 Å². The molecule has 1 aromatic carbocycles. The third-order valence-electron chi connectivity index (χ3n) is 2.75. The smallest absolute Gasteiger partial charge is 0.279 e. The van der Waals surface area contributed by atoms with Crippen molar-refractivity contribution in [1.82, 2.24) is 5.06 Å².